The molecule has 4 rings (SSSR count). The van der Waals surface area contributed by atoms with Crippen LogP contribution in [-0.2, 0) is 29.2 Å². The Bertz CT molecular complexity index is 1030. The van der Waals surface area contributed by atoms with Gasteiger partial charge in [0, 0.05) is 38.7 Å². The van der Waals surface area contributed by atoms with Crippen molar-refractivity contribution in [3.63, 3.8) is 0 Å². The molecule has 7 nitrogen and oxygen atoms in total. The third-order valence-electron chi connectivity index (χ3n) is 6.35. The van der Waals surface area contributed by atoms with Gasteiger partial charge in [-0.1, -0.05) is 38.1 Å². The minimum Gasteiger partial charge on any atom is -0.486 e. The lowest BCUT2D eigenvalue weighted by Crippen LogP contribution is -2.43. The van der Waals surface area contributed by atoms with Crippen LogP contribution in [-0.4, -0.2) is 41.2 Å². The second-order valence-electron chi connectivity index (χ2n) is 9.56. The van der Waals surface area contributed by atoms with E-state index in [9.17, 15) is 14.4 Å². The molecule has 2 aromatic rings. The molecule has 33 heavy (non-hydrogen) atoms. The first-order valence-corrected chi connectivity index (χ1v) is 11.7. The van der Waals surface area contributed by atoms with Crippen LogP contribution in [0.1, 0.15) is 50.0 Å². The van der Waals surface area contributed by atoms with Gasteiger partial charge in [-0.3, -0.25) is 19.3 Å². The zero-order valence-corrected chi connectivity index (χ0v) is 19.4. The lowest BCUT2D eigenvalue weighted by molar-refractivity contribution is -0.146. The topological polar surface area (TPSA) is 80.1 Å². The van der Waals surface area contributed by atoms with Gasteiger partial charge in [-0.2, -0.15) is 0 Å². The van der Waals surface area contributed by atoms with E-state index < -0.39 is 0 Å². The fourth-order valence-electron chi connectivity index (χ4n) is 4.51. The highest BCUT2D eigenvalue weighted by molar-refractivity contribution is 6.36. The van der Waals surface area contributed by atoms with Gasteiger partial charge in [0.05, 0.1) is 13.2 Å². The van der Waals surface area contributed by atoms with E-state index in [0.29, 0.717) is 38.4 Å². The van der Waals surface area contributed by atoms with Crippen LogP contribution in [0.2, 0.25) is 0 Å². The van der Waals surface area contributed by atoms with E-state index >= 15 is 0 Å². The first-order valence-electron chi connectivity index (χ1n) is 11.7. The number of Topliss-reactive ketones (excluding diaryl/α,β-unsaturated/α-hetero) is 1. The van der Waals surface area contributed by atoms with Gasteiger partial charge in [0.1, 0.15) is 12.0 Å². The van der Waals surface area contributed by atoms with Crippen LogP contribution in [0.25, 0.3) is 0 Å². The predicted molar refractivity (Wildman–Crippen MR) is 124 cm³/mol. The summed E-state index contributed by atoms with van der Waals surface area (Å²) in [6.45, 7) is 7.63. The van der Waals surface area contributed by atoms with E-state index in [-0.39, 0.29) is 34.7 Å². The molecule has 0 N–H and O–H groups in total. The van der Waals surface area contributed by atoms with Gasteiger partial charge in [-0.15, -0.1) is 0 Å². The molecule has 0 unspecified atom stereocenters. The third-order valence-corrected chi connectivity index (χ3v) is 6.35. The highest BCUT2D eigenvalue weighted by Gasteiger charge is 2.27. The molecule has 0 radical (unpaired) electrons. The van der Waals surface area contributed by atoms with E-state index in [1.165, 1.54) is 23.5 Å². The monoisotopic (exact) mass is 452 g/mol. The van der Waals surface area contributed by atoms with Crippen molar-refractivity contribution in [2.45, 2.75) is 52.7 Å². The largest absolute Gasteiger partial charge is 0.486 e. The lowest BCUT2D eigenvalue weighted by Gasteiger charge is -2.31. The number of benzene rings is 1. The lowest BCUT2D eigenvalue weighted by atomic mass is 9.97. The Morgan fingerprint density at radius 1 is 1.12 bits per heavy atom. The van der Waals surface area contributed by atoms with Crippen molar-refractivity contribution in [3.05, 3.63) is 63.7 Å². The number of carbonyl (C=O) groups excluding carboxylic acids is 2. The molecule has 0 saturated carbocycles. The summed E-state index contributed by atoms with van der Waals surface area (Å²) in [5.41, 5.74) is 2.45. The highest BCUT2D eigenvalue weighted by atomic mass is 16.5. The van der Waals surface area contributed by atoms with Crippen LogP contribution in [0.5, 0.6) is 5.75 Å². The number of amides is 1. The Kier molecular flexibility index (Phi) is 7.28. The summed E-state index contributed by atoms with van der Waals surface area (Å²) in [5, 5.41) is 0. The van der Waals surface area contributed by atoms with Crippen LogP contribution in [0, 0.1) is 11.8 Å². The molecule has 0 bridgehead atoms. The number of hydrogen-bond acceptors (Lipinski definition) is 6. The molecule has 0 spiro atoms. The van der Waals surface area contributed by atoms with Crippen LogP contribution < -0.4 is 10.2 Å². The number of piperidine rings is 1. The van der Waals surface area contributed by atoms with Gasteiger partial charge in [0.15, 0.2) is 0 Å². The molecule has 1 aromatic carbocycles. The van der Waals surface area contributed by atoms with Gasteiger partial charge in [-0.25, -0.2) is 0 Å². The maximum absolute atomic E-state index is 12.5. The van der Waals surface area contributed by atoms with Crippen LogP contribution >= 0.6 is 0 Å². The standard InChI is InChI=1S/C26H32N2O5/c1-18(2)11-24(30)26(31)28-9-7-19(8-10-28)16-33-25-17-32-22(12-23(25)29)15-27-13-20-5-3-4-6-21(20)14-27/h3-6,12,17-19H,7-11,13-16H2,1-2H3. The molecule has 2 aliphatic rings. The molecule has 2 aliphatic heterocycles. The molecule has 1 fully saturated rings. The molecular weight excluding hydrogens is 420 g/mol. The van der Waals surface area contributed by atoms with Gasteiger partial charge < -0.3 is 14.1 Å². The Balaban J connectivity index is 1.23. The van der Waals surface area contributed by atoms with Crippen molar-refractivity contribution < 1.29 is 18.7 Å². The molecule has 3 heterocycles. The molecular formula is C26H32N2O5. The zero-order chi connectivity index (χ0) is 23.4. The fraction of sp³-hybridized carbons (Fsp3) is 0.500. The van der Waals surface area contributed by atoms with Crippen molar-refractivity contribution >= 4 is 11.7 Å². The first kappa shape index (κ1) is 23.2. The van der Waals surface area contributed by atoms with E-state index in [2.05, 4.69) is 17.0 Å². The van der Waals surface area contributed by atoms with E-state index in [1.807, 2.05) is 26.0 Å². The molecule has 1 aromatic heterocycles. The summed E-state index contributed by atoms with van der Waals surface area (Å²) in [4.78, 5) is 40.7. The van der Waals surface area contributed by atoms with E-state index in [0.717, 1.165) is 25.9 Å². The normalized spacial score (nSPS) is 16.8. The third kappa shape index (κ3) is 5.90. The molecule has 1 saturated heterocycles. The van der Waals surface area contributed by atoms with Crippen LogP contribution in [0.3, 0.4) is 0 Å². The summed E-state index contributed by atoms with van der Waals surface area (Å²) in [7, 11) is 0. The van der Waals surface area contributed by atoms with Crippen molar-refractivity contribution in [2.24, 2.45) is 11.8 Å². The number of carbonyl (C=O) groups is 2. The summed E-state index contributed by atoms with van der Waals surface area (Å²) < 4.78 is 11.4. The maximum atomic E-state index is 12.5. The highest BCUT2D eigenvalue weighted by Crippen LogP contribution is 2.24. The Morgan fingerprint density at radius 3 is 2.39 bits per heavy atom. The van der Waals surface area contributed by atoms with Crippen LogP contribution in [0.15, 0.2) is 45.8 Å². The molecule has 176 valence electrons. The van der Waals surface area contributed by atoms with Crippen molar-refractivity contribution in [2.75, 3.05) is 19.7 Å². The zero-order valence-electron chi connectivity index (χ0n) is 19.4. The number of likely N-dealkylation sites (tertiary alicyclic amines) is 1. The smallest absolute Gasteiger partial charge is 0.289 e. The number of hydrogen-bond donors (Lipinski definition) is 0. The number of nitrogens with zero attached hydrogens (tertiary/aromatic N) is 2. The number of ether oxygens (including phenoxy) is 1. The van der Waals surface area contributed by atoms with Crippen molar-refractivity contribution in [3.8, 4) is 5.75 Å². The SMILES string of the molecule is CC(C)CC(=O)C(=O)N1CCC(COc2coc(CN3Cc4ccccc4C3)cc2=O)CC1. The number of ketones is 1. The summed E-state index contributed by atoms with van der Waals surface area (Å²) in [6, 6.07) is 9.87. The van der Waals surface area contributed by atoms with E-state index in [1.54, 1.807) is 4.90 Å². The van der Waals surface area contributed by atoms with Gasteiger partial charge in [0.2, 0.25) is 17.0 Å². The summed E-state index contributed by atoms with van der Waals surface area (Å²) in [6.07, 6.45) is 3.20. The minimum atomic E-state index is -0.375. The average molecular weight is 453 g/mol. The summed E-state index contributed by atoms with van der Waals surface area (Å²) >= 11 is 0. The minimum absolute atomic E-state index is 0.178. The molecule has 7 heteroatoms. The Hall–Kier alpha value is -2.93. The fourth-order valence-corrected chi connectivity index (χ4v) is 4.51. The summed E-state index contributed by atoms with van der Waals surface area (Å²) in [5.74, 6) is 0.566. The van der Waals surface area contributed by atoms with Crippen LogP contribution in [0.4, 0.5) is 0 Å². The molecule has 1 amide bonds. The molecule has 0 atom stereocenters. The van der Waals surface area contributed by atoms with Gasteiger partial charge in [-0.05, 0) is 35.8 Å². The van der Waals surface area contributed by atoms with Crippen molar-refractivity contribution in [1.82, 2.24) is 9.80 Å². The quantitative estimate of drug-likeness (QED) is 0.571. The second kappa shape index (κ2) is 10.3. The van der Waals surface area contributed by atoms with Crippen molar-refractivity contribution in [1.29, 1.82) is 0 Å². The Morgan fingerprint density at radius 2 is 1.79 bits per heavy atom. The second-order valence-corrected chi connectivity index (χ2v) is 9.56. The number of fused-ring (bicyclic) bond motifs is 1. The van der Waals surface area contributed by atoms with E-state index in [4.69, 9.17) is 9.15 Å². The van der Waals surface area contributed by atoms with Gasteiger partial charge in [0.25, 0.3) is 5.91 Å². The maximum Gasteiger partial charge on any atom is 0.289 e. The Labute approximate surface area is 194 Å². The first-order chi connectivity index (χ1) is 15.9. The average Bonchev–Trinajstić information content (AvgIpc) is 3.20. The number of rotatable bonds is 8. The van der Waals surface area contributed by atoms with Gasteiger partial charge >= 0.3 is 0 Å². The predicted octanol–water partition coefficient (Wildman–Crippen LogP) is 3.39. The molecule has 0 aliphatic carbocycles.